The normalized spacial score (nSPS) is 25.4. The molecule has 0 amide bonds. The minimum atomic E-state index is -1.73. The van der Waals surface area contributed by atoms with E-state index in [0.717, 1.165) is 12.8 Å². The third-order valence-corrected chi connectivity index (χ3v) is 8.82. The van der Waals surface area contributed by atoms with Crippen LogP contribution in [0.25, 0.3) is 0 Å². The molecular weight excluding hydrogens is 240 g/mol. The Labute approximate surface area is 114 Å². The smallest absolute Gasteiger partial charge is 0.192 e. The lowest BCUT2D eigenvalue weighted by atomic mass is 10.1. The van der Waals surface area contributed by atoms with Crippen molar-refractivity contribution in [1.29, 1.82) is 0 Å². The van der Waals surface area contributed by atoms with Gasteiger partial charge in [-0.1, -0.05) is 40.2 Å². The van der Waals surface area contributed by atoms with Crippen LogP contribution in [-0.2, 0) is 4.43 Å². The Morgan fingerprint density at radius 3 is 2.50 bits per heavy atom. The first-order valence-corrected chi connectivity index (χ1v) is 10.1. The Morgan fingerprint density at radius 1 is 1.39 bits per heavy atom. The maximum atomic E-state index is 9.83. The van der Waals surface area contributed by atoms with Gasteiger partial charge in [-0.05, 0) is 36.5 Å². The van der Waals surface area contributed by atoms with Crippen molar-refractivity contribution < 1.29 is 9.53 Å². The van der Waals surface area contributed by atoms with Gasteiger partial charge in [0.15, 0.2) is 8.32 Å². The largest absolute Gasteiger partial charge is 0.410 e. The maximum absolute atomic E-state index is 9.83. The number of hydrogen-bond acceptors (Lipinski definition) is 2. The van der Waals surface area contributed by atoms with Gasteiger partial charge in [0, 0.05) is 6.42 Å². The first-order valence-electron chi connectivity index (χ1n) is 7.24. The Morgan fingerprint density at radius 2 is 2.00 bits per heavy atom. The molecule has 0 radical (unpaired) electrons. The van der Waals surface area contributed by atoms with E-state index in [1.165, 1.54) is 18.4 Å². The van der Waals surface area contributed by atoms with Gasteiger partial charge in [0.2, 0.25) is 0 Å². The van der Waals surface area contributed by atoms with Crippen molar-refractivity contribution in [3.8, 4) is 0 Å². The average molecular weight is 270 g/mol. The van der Waals surface area contributed by atoms with Crippen LogP contribution < -0.4 is 0 Å². The van der Waals surface area contributed by atoms with Crippen molar-refractivity contribution in [3.63, 3.8) is 0 Å². The quantitative estimate of drug-likeness (QED) is 0.597. The van der Waals surface area contributed by atoms with E-state index in [-0.39, 0.29) is 17.2 Å². The first kappa shape index (κ1) is 15.9. The van der Waals surface area contributed by atoms with Crippen molar-refractivity contribution in [2.24, 2.45) is 0 Å². The van der Waals surface area contributed by atoms with E-state index in [2.05, 4.69) is 40.8 Å². The number of unbranched alkanes of at least 4 members (excludes halogenated alkanes) is 1. The Hall–Kier alpha value is -0.123. The molecule has 1 rings (SSSR count). The Kier molecular flexibility index (Phi) is 5.21. The minimum absolute atomic E-state index is 0.160. The zero-order chi connectivity index (χ0) is 14.0. The SMILES string of the molecule is CCCCC1=CC(O)C[C@@H]1O[Si](C)(C)C(C)(C)C. The second kappa shape index (κ2) is 5.89. The molecule has 1 unspecified atom stereocenters. The third kappa shape index (κ3) is 3.94. The molecule has 0 bridgehead atoms. The van der Waals surface area contributed by atoms with Gasteiger partial charge in [0.25, 0.3) is 0 Å². The molecule has 1 aliphatic carbocycles. The molecule has 0 fully saturated rings. The van der Waals surface area contributed by atoms with Gasteiger partial charge in [-0.3, -0.25) is 0 Å². The van der Waals surface area contributed by atoms with Gasteiger partial charge >= 0.3 is 0 Å². The van der Waals surface area contributed by atoms with Crippen LogP contribution >= 0.6 is 0 Å². The van der Waals surface area contributed by atoms with Gasteiger partial charge in [-0.15, -0.1) is 0 Å². The molecule has 0 aliphatic heterocycles. The molecule has 3 heteroatoms. The summed E-state index contributed by atoms with van der Waals surface area (Å²) < 4.78 is 6.45. The van der Waals surface area contributed by atoms with Gasteiger partial charge in [-0.2, -0.15) is 0 Å². The molecule has 0 spiro atoms. The lowest BCUT2D eigenvalue weighted by Crippen LogP contribution is -2.44. The van der Waals surface area contributed by atoms with Crippen LogP contribution in [0.15, 0.2) is 11.6 Å². The molecule has 0 saturated carbocycles. The van der Waals surface area contributed by atoms with Crippen molar-refractivity contribution >= 4 is 8.32 Å². The van der Waals surface area contributed by atoms with Crippen LogP contribution in [0.2, 0.25) is 18.1 Å². The van der Waals surface area contributed by atoms with Gasteiger partial charge in [-0.25, -0.2) is 0 Å². The maximum Gasteiger partial charge on any atom is 0.192 e. The molecule has 1 aliphatic rings. The van der Waals surface area contributed by atoms with E-state index in [1.807, 2.05) is 6.08 Å². The fourth-order valence-electron chi connectivity index (χ4n) is 2.07. The Bertz CT molecular complexity index is 302. The van der Waals surface area contributed by atoms with E-state index in [0.29, 0.717) is 0 Å². The molecule has 2 nitrogen and oxygen atoms in total. The van der Waals surface area contributed by atoms with E-state index in [1.54, 1.807) is 0 Å². The Balaban J connectivity index is 2.69. The van der Waals surface area contributed by atoms with E-state index < -0.39 is 8.32 Å². The van der Waals surface area contributed by atoms with Crippen LogP contribution in [-0.4, -0.2) is 25.6 Å². The number of rotatable bonds is 5. The fourth-order valence-corrected chi connectivity index (χ4v) is 3.39. The molecule has 18 heavy (non-hydrogen) atoms. The molecular formula is C15H30O2Si. The van der Waals surface area contributed by atoms with Crippen LogP contribution in [0.4, 0.5) is 0 Å². The fraction of sp³-hybridized carbons (Fsp3) is 0.867. The average Bonchev–Trinajstić information content (AvgIpc) is 2.53. The van der Waals surface area contributed by atoms with Crippen LogP contribution in [0.5, 0.6) is 0 Å². The second-order valence-electron chi connectivity index (χ2n) is 7.01. The highest BCUT2D eigenvalue weighted by molar-refractivity contribution is 6.74. The van der Waals surface area contributed by atoms with E-state index in [4.69, 9.17) is 4.43 Å². The number of aliphatic hydroxyl groups is 1. The van der Waals surface area contributed by atoms with Crippen LogP contribution in [0, 0.1) is 0 Å². The summed E-state index contributed by atoms with van der Waals surface area (Å²) in [5.41, 5.74) is 1.33. The molecule has 0 saturated heterocycles. The predicted octanol–water partition coefficient (Wildman–Crippen LogP) is 4.26. The highest BCUT2D eigenvalue weighted by Gasteiger charge is 2.41. The molecule has 2 atom stereocenters. The third-order valence-electron chi connectivity index (χ3n) is 4.34. The summed E-state index contributed by atoms with van der Waals surface area (Å²) in [6.45, 7) is 13.6. The molecule has 0 heterocycles. The second-order valence-corrected chi connectivity index (χ2v) is 11.8. The van der Waals surface area contributed by atoms with Crippen molar-refractivity contribution in [1.82, 2.24) is 0 Å². The highest BCUT2D eigenvalue weighted by atomic mass is 28.4. The van der Waals surface area contributed by atoms with Gasteiger partial charge in [0.1, 0.15) is 0 Å². The van der Waals surface area contributed by atoms with Crippen molar-refractivity contribution in [3.05, 3.63) is 11.6 Å². The van der Waals surface area contributed by atoms with E-state index >= 15 is 0 Å². The van der Waals surface area contributed by atoms with Gasteiger partial charge < -0.3 is 9.53 Å². The molecule has 0 aromatic heterocycles. The summed E-state index contributed by atoms with van der Waals surface area (Å²) >= 11 is 0. The summed E-state index contributed by atoms with van der Waals surface area (Å²) in [5, 5.41) is 10.1. The lowest BCUT2D eigenvalue weighted by molar-refractivity contribution is 0.150. The standard InChI is InChI=1S/C15H30O2Si/c1-7-8-9-12-10-13(16)11-14(12)17-18(5,6)15(2,3)4/h10,13-14,16H,7-9,11H2,1-6H3/t13?,14-/m0/s1. The monoisotopic (exact) mass is 270 g/mol. The number of hydrogen-bond donors (Lipinski definition) is 1. The van der Waals surface area contributed by atoms with Gasteiger partial charge in [0.05, 0.1) is 12.2 Å². The molecule has 1 N–H and O–H groups in total. The summed E-state index contributed by atoms with van der Waals surface area (Å²) in [7, 11) is -1.73. The minimum Gasteiger partial charge on any atom is -0.410 e. The molecule has 0 aromatic carbocycles. The van der Waals surface area contributed by atoms with Crippen LogP contribution in [0.1, 0.15) is 53.4 Å². The molecule has 0 aromatic rings. The summed E-state index contributed by atoms with van der Waals surface area (Å²) in [6.07, 6.45) is 6.10. The lowest BCUT2D eigenvalue weighted by Gasteiger charge is -2.39. The summed E-state index contributed by atoms with van der Waals surface area (Å²) in [4.78, 5) is 0. The predicted molar refractivity (Wildman–Crippen MR) is 80.3 cm³/mol. The van der Waals surface area contributed by atoms with E-state index in [9.17, 15) is 5.11 Å². The summed E-state index contributed by atoms with van der Waals surface area (Å²) in [5.74, 6) is 0. The zero-order valence-corrected chi connectivity index (χ0v) is 13.9. The highest BCUT2D eigenvalue weighted by Crippen LogP contribution is 2.40. The van der Waals surface area contributed by atoms with Crippen LogP contribution in [0.3, 0.4) is 0 Å². The molecule has 106 valence electrons. The number of aliphatic hydroxyl groups excluding tert-OH is 1. The van der Waals surface area contributed by atoms with Crippen molar-refractivity contribution in [2.75, 3.05) is 0 Å². The summed E-state index contributed by atoms with van der Waals surface area (Å²) in [6, 6.07) is 0. The topological polar surface area (TPSA) is 29.5 Å². The first-order chi connectivity index (χ1) is 8.17. The van der Waals surface area contributed by atoms with Crippen molar-refractivity contribution in [2.45, 2.75) is 83.7 Å². The zero-order valence-electron chi connectivity index (χ0n) is 12.9.